The van der Waals surface area contributed by atoms with Crippen LogP contribution in [-0.4, -0.2) is 33.3 Å². The molecular formula is C11H16N4O4. The summed E-state index contributed by atoms with van der Waals surface area (Å²) < 4.78 is 6.75. The molecule has 1 aliphatic rings. The standard InChI is InChI=1S/C11H16N4O4/c1-11(9(13)17)4-8(19-6(11)5-16)15-3-2-7(12)14-10(15)18/h2-3,6,8,16H,4-5H2,1H3,(H2,13,17)(H2,12,14,18)/t6-,8?,11+/m1/s1. The molecule has 5 N–H and O–H groups in total. The zero-order chi connectivity index (χ0) is 14.2. The molecule has 0 radical (unpaired) electrons. The second kappa shape index (κ2) is 4.63. The lowest BCUT2D eigenvalue weighted by Gasteiger charge is -2.23. The van der Waals surface area contributed by atoms with Gasteiger partial charge in [0.1, 0.15) is 12.0 Å². The number of nitrogen functional groups attached to an aromatic ring is 1. The summed E-state index contributed by atoms with van der Waals surface area (Å²) in [5, 5.41) is 9.27. The molecule has 8 nitrogen and oxygen atoms in total. The second-order valence-corrected chi connectivity index (χ2v) is 4.79. The van der Waals surface area contributed by atoms with E-state index in [4.69, 9.17) is 16.2 Å². The molecule has 0 aliphatic carbocycles. The number of aliphatic hydroxyl groups excluding tert-OH is 1. The molecule has 104 valence electrons. The lowest BCUT2D eigenvalue weighted by molar-refractivity contribution is -0.131. The van der Waals surface area contributed by atoms with Crippen molar-refractivity contribution in [2.24, 2.45) is 11.1 Å². The third-order valence-electron chi connectivity index (χ3n) is 3.52. The van der Waals surface area contributed by atoms with Crippen molar-refractivity contribution >= 4 is 11.7 Å². The maximum Gasteiger partial charge on any atom is 0.351 e. The van der Waals surface area contributed by atoms with Crippen LogP contribution in [0.5, 0.6) is 0 Å². The Labute approximate surface area is 109 Å². The van der Waals surface area contributed by atoms with Crippen LogP contribution in [0.3, 0.4) is 0 Å². The Morgan fingerprint density at radius 2 is 2.42 bits per heavy atom. The molecule has 1 saturated heterocycles. The van der Waals surface area contributed by atoms with Gasteiger partial charge in [-0.2, -0.15) is 4.98 Å². The predicted molar refractivity (Wildman–Crippen MR) is 65.8 cm³/mol. The Morgan fingerprint density at radius 3 is 2.89 bits per heavy atom. The van der Waals surface area contributed by atoms with Gasteiger partial charge in [0.2, 0.25) is 5.91 Å². The number of carbonyl (C=O) groups is 1. The average Bonchev–Trinajstić information content (AvgIpc) is 2.67. The molecule has 0 aromatic carbocycles. The number of rotatable bonds is 3. The lowest BCUT2D eigenvalue weighted by Crippen LogP contribution is -2.42. The molecule has 19 heavy (non-hydrogen) atoms. The molecule has 1 aromatic heterocycles. The van der Waals surface area contributed by atoms with E-state index < -0.39 is 29.3 Å². The molecule has 8 heteroatoms. The summed E-state index contributed by atoms with van der Waals surface area (Å²) in [6.07, 6.45) is 0.185. The molecule has 0 saturated carbocycles. The minimum absolute atomic E-state index is 0.107. The van der Waals surface area contributed by atoms with Crippen LogP contribution in [0.15, 0.2) is 17.1 Å². The number of aliphatic hydroxyl groups is 1. The van der Waals surface area contributed by atoms with Crippen molar-refractivity contribution in [2.45, 2.75) is 25.7 Å². The first-order valence-corrected chi connectivity index (χ1v) is 5.79. The van der Waals surface area contributed by atoms with Gasteiger partial charge in [0, 0.05) is 12.6 Å². The first-order valence-electron chi connectivity index (χ1n) is 5.79. The van der Waals surface area contributed by atoms with Crippen LogP contribution in [0.4, 0.5) is 5.82 Å². The van der Waals surface area contributed by atoms with Crippen LogP contribution in [0.2, 0.25) is 0 Å². The number of nitrogens with zero attached hydrogens (tertiary/aromatic N) is 2. The summed E-state index contributed by atoms with van der Waals surface area (Å²) in [5.74, 6) is -0.471. The predicted octanol–water partition coefficient (Wildman–Crippen LogP) is -1.40. The number of hydrogen-bond donors (Lipinski definition) is 3. The Morgan fingerprint density at radius 1 is 1.74 bits per heavy atom. The first kappa shape index (κ1) is 13.5. The zero-order valence-electron chi connectivity index (χ0n) is 10.4. The van der Waals surface area contributed by atoms with E-state index in [9.17, 15) is 14.7 Å². The number of amides is 1. The lowest BCUT2D eigenvalue weighted by atomic mass is 9.82. The Balaban J connectivity index is 2.34. The van der Waals surface area contributed by atoms with Gasteiger partial charge in [0.05, 0.1) is 18.1 Å². The van der Waals surface area contributed by atoms with Gasteiger partial charge in [-0.05, 0) is 13.0 Å². The molecule has 1 fully saturated rings. The third-order valence-corrected chi connectivity index (χ3v) is 3.52. The number of nitrogens with two attached hydrogens (primary N) is 2. The van der Waals surface area contributed by atoms with E-state index in [2.05, 4.69) is 4.98 Å². The number of anilines is 1. The molecular weight excluding hydrogens is 252 g/mol. The molecule has 1 amide bonds. The highest BCUT2D eigenvalue weighted by molar-refractivity contribution is 5.81. The third kappa shape index (κ3) is 2.20. The molecule has 1 unspecified atom stereocenters. The number of carbonyl (C=O) groups excluding carboxylic acids is 1. The van der Waals surface area contributed by atoms with E-state index in [-0.39, 0.29) is 18.8 Å². The van der Waals surface area contributed by atoms with E-state index in [1.807, 2.05) is 0 Å². The fourth-order valence-electron chi connectivity index (χ4n) is 2.19. The highest BCUT2D eigenvalue weighted by Gasteiger charge is 2.49. The summed E-state index contributed by atoms with van der Waals surface area (Å²) in [6, 6.07) is 1.46. The van der Waals surface area contributed by atoms with Crippen LogP contribution in [0.1, 0.15) is 19.6 Å². The van der Waals surface area contributed by atoms with Gasteiger partial charge in [-0.15, -0.1) is 0 Å². The van der Waals surface area contributed by atoms with Gasteiger partial charge in [0.25, 0.3) is 0 Å². The quantitative estimate of drug-likeness (QED) is 0.617. The fraction of sp³-hybridized carbons (Fsp3) is 0.545. The molecule has 3 atom stereocenters. The summed E-state index contributed by atoms with van der Waals surface area (Å²) in [7, 11) is 0. The van der Waals surface area contributed by atoms with Gasteiger partial charge >= 0.3 is 5.69 Å². The number of ether oxygens (including phenoxy) is 1. The van der Waals surface area contributed by atoms with Crippen molar-refractivity contribution < 1.29 is 14.6 Å². The summed E-state index contributed by atoms with van der Waals surface area (Å²) >= 11 is 0. The van der Waals surface area contributed by atoms with Crippen molar-refractivity contribution in [3.63, 3.8) is 0 Å². The van der Waals surface area contributed by atoms with Crippen LogP contribution in [0.25, 0.3) is 0 Å². The van der Waals surface area contributed by atoms with E-state index in [1.165, 1.54) is 16.8 Å². The monoisotopic (exact) mass is 268 g/mol. The van der Waals surface area contributed by atoms with Gasteiger partial charge in [0.15, 0.2) is 0 Å². The highest BCUT2D eigenvalue weighted by atomic mass is 16.5. The van der Waals surface area contributed by atoms with Crippen molar-refractivity contribution in [1.29, 1.82) is 0 Å². The topological polar surface area (TPSA) is 133 Å². The van der Waals surface area contributed by atoms with Crippen LogP contribution in [-0.2, 0) is 9.53 Å². The Kier molecular flexibility index (Phi) is 3.29. The van der Waals surface area contributed by atoms with Gasteiger partial charge in [-0.1, -0.05) is 0 Å². The minimum Gasteiger partial charge on any atom is -0.394 e. The minimum atomic E-state index is -1.03. The normalized spacial score (nSPS) is 30.4. The summed E-state index contributed by atoms with van der Waals surface area (Å²) in [5.41, 5.74) is 9.15. The molecule has 0 spiro atoms. The number of hydrogen-bond acceptors (Lipinski definition) is 6. The SMILES string of the molecule is C[C@]1(C(N)=O)CC(n2ccc(N)nc2=O)O[C@@H]1CO. The van der Waals surface area contributed by atoms with E-state index in [0.717, 1.165) is 0 Å². The summed E-state index contributed by atoms with van der Waals surface area (Å²) in [4.78, 5) is 26.8. The fourth-order valence-corrected chi connectivity index (χ4v) is 2.19. The smallest absolute Gasteiger partial charge is 0.351 e. The first-order chi connectivity index (χ1) is 8.88. The number of primary amides is 1. The number of aromatic nitrogens is 2. The van der Waals surface area contributed by atoms with Crippen LogP contribution >= 0.6 is 0 Å². The molecule has 2 rings (SSSR count). The van der Waals surface area contributed by atoms with Gasteiger partial charge in [-0.25, -0.2) is 4.79 Å². The van der Waals surface area contributed by atoms with Crippen molar-refractivity contribution in [3.05, 3.63) is 22.7 Å². The molecule has 1 aromatic rings. The Bertz CT molecular complexity index is 558. The summed E-state index contributed by atoms with van der Waals surface area (Å²) in [6.45, 7) is 1.25. The second-order valence-electron chi connectivity index (χ2n) is 4.79. The Hall–Kier alpha value is -1.93. The van der Waals surface area contributed by atoms with Gasteiger partial charge in [-0.3, -0.25) is 9.36 Å². The van der Waals surface area contributed by atoms with E-state index in [1.54, 1.807) is 6.92 Å². The molecule has 0 bridgehead atoms. The maximum absolute atomic E-state index is 11.7. The largest absolute Gasteiger partial charge is 0.394 e. The highest BCUT2D eigenvalue weighted by Crippen LogP contribution is 2.42. The van der Waals surface area contributed by atoms with Crippen LogP contribution in [0, 0.1) is 5.41 Å². The molecule has 1 aliphatic heterocycles. The average molecular weight is 268 g/mol. The van der Waals surface area contributed by atoms with E-state index >= 15 is 0 Å². The van der Waals surface area contributed by atoms with Crippen molar-refractivity contribution in [2.75, 3.05) is 12.3 Å². The van der Waals surface area contributed by atoms with Crippen molar-refractivity contribution in [1.82, 2.24) is 9.55 Å². The van der Waals surface area contributed by atoms with Crippen molar-refractivity contribution in [3.8, 4) is 0 Å². The zero-order valence-corrected chi connectivity index (χ0v) is 10.4. The van der Waals surface area contributed by atoms with Gasteiger partial charge < -0.3 is 21.3 Å². The van der Waals surface area contributed by atoms with E-state index in [0.29, 0.717) is 0 Å². The van der Waals surface area contributed by atoms with Crippen LogP contribution < -0.4 is 17.2 Å². The molecule has 2 heterocycles. The maximum atomic E-state index is 11.7.